The Bertz CT molecular complexity index is 2350. The van der Waals surface area contributed by atoms with E-state index in [-0.39, 0.29) is 0 Å². The Hall–Kier alpha value is -5.84. The third kappa shape index (κ3) is 4.19. The van der Waals surface area contributed by atoms with Crippen LogP contribution in [-0.4, -0.2) is 13.4 Å². The van der Waals surface area contributed by atoms with Gasteiger partial charge in [-0.05, 0) is 88.2 Å². The molecule has 0 radical (unpaired) electrons. The van der Waals surface area contributed by atoms with Crippen molar-refractivity contribution in [3.05, 3.63) is 170 Å². The largest absolute Gasteiger partial charge is 0.399 e. The highest BCUT2D eigenvalue weighted by atomic mass is 28.3. The summed E-state index contributed by atoms with van der Waals surface area (Å²) in [5.41, 5.74) is 16.6. The highest BCUT2D eigenvalue weighted by Crippen LogP contribution is 2.39. The quantitative estimate of drug-likeness (QED) is 0.163. The lowest BCUT2D eigenvalue weighted by atomic mass is 10.0. The minimum Gasteiger partial charge on any atom is -0.399 e. The van der Waals surface area contributed by atoms with Crippen molar-refractivity contribution in [2.24, 2.45) is 0 Å². The number of nitrogen functional groups attached to an aromatic ring is 1. The van der Waals surface area contributed by atoms with Crippen molar-refractivity contribution in [1.29, 1.82) is 0 Å². The van der Waals surface area contributed by atoms with Crippen LogP contribution in [0.5, 0.6) is 0 Å². The highest BCUT2D eigenvalue weighted by molar-refractivity contribution is 6.98. The monoisotopic (exact) mass is 605 g/mol. The summed E-state index contributed by atoms with van der Waals surface area (Å²) in [6.45, 7) is 0. The predicted octanol–water partition coefficient (Wildman–Crippen LogP) is 8.06. The molecule has 0 saturated heterocycles. The number of hydrogen-bond donors (Lipinski definition) is 1. The molecule has 46 heavy (non-hydrogen) atoms. The van der Waals surface area contributed by atoms with Gasteiger partial charge in [0.2, 0.25) is 0 Å². The van der Waals surface area contributed by atoms with E-state index in [9.17, 15) is 0 Å². The van der Waals surface area contributed by atoms with Crippen LogP contribution in [0.2, 0.25) is 0 Å². The number of aromatic nitrogens is 1. The fourth-order valence-electron chi connectivity index (χ4n) is 7.35. The molecular weight excluding hydrogens is 575 g/mol. The minimum atomic E-state index is -1.65. The first-order valence-corrected chi connectivity index (χ1v) is 17.5. The van der Waals surface area contributed by atoms with Gasteiger partial charge in [0.05, 0.1) is 11.0 Å². The maximum Gasteiger partial charge on any atom is 0.138 e. The SMILES string of the molecule is Nc1ccc2c(c1)c1cc(-c3cccc(N4c5ccccc5[SiH](c5ccccc5)c5ccccc54)c3)ccc1n2-c1ccccc1. The Morgan fingerprint density at radius 3 is 1.72 bits per heavy atom. The van der Waals surface area contributed by atoms with Crippen LogP contribution in [0.3, 0.4) is 0 Å². The average Bonchev–Trinajstić information content (AvgIpc) is 3.44. The van der Waals surface area contributed by atoms with E-state index in [1.165, 1.54) is 49.0 Å². The van der Waals surface area contributed by atoms with Crippen LogP contribution < -0.4 is 26.2 Å². The molecule has 1 aliphatic rings. The lowest BCUT2D eigenvalue weighted by molar-refractivity contribution is 1.18. The van der Waals surface area contributed by atoms with Gasteiger partial charge in [-0.25, -0.2) is 0 Å². The third-order valence-electron chi connectivity index (χ3n) is 9.35. The van der Waals surface area contributed by atoms with Crippen molar-refractivity contribution in [1.82, 2.24) is 4.57 Å². The molecule has 0 atom stereocenters. The predicted molar refractivity (Wildman–Crippen MR) is 198 cm³/mol. The fraction of sp³-hybridized carbons (Fsp3) is 0. The lowest BCUT2D eigenvalue weighted by Crippen LogP contribution is -2.57. The second-order valence-corrected chi connectivity index (χ2v) is 14.8. The summed E-state index contributed by atoms with van der Waals surface area (Å²) in [4.78, 5) is 2.46. The van der Waals surface area contributed by atoms with Crippen molar-refractivity contribution in [3.63, 3.8) is 0 Å². The molecule has 0 fully saturated rings. The molecule has 218 valence electrons. The highest BCUT2D eigenvalue weighted by Gasteiger charge is 2.33. The van der Waals surface area contributed by atoms with Gasteiger partial charge < -0.3 is 15.2 Å². The normalized spacial score (nSPS) is 12.7. The van der Waals surface area contributed by atoms with Crippen LogP contribution in [0.25, 0.3) is 38.6 Å². The summed E-state index contributed by atoms with van der Waals surface area (Å²) in [6.07, 6.45) is 0. The van der Waals surface area contributed by atoms with Gasteiger partial charge in [-0.1, -0.05) is 108 Å². The number of benzene rings is 7. The number of fused-ring (bicyclic) bond motifs is 5. The van der Waals surface area contributed by atoms with E-state index in [1.54, 1.807) is 0 Å². The van der Waals surface area contributed by atoms with Crippen molar-refractivity contribution < 1.29 is 0 Å². The second kappa shape index (κ2) is 10.7. The Balaban J connectivity index is 1.20. The summed E-state index contributed by atoms with van der Waals surface area (Å²) >= 11 is 0. The summed E-state index contributed by atoms with van der Waals surface area (Å²) in [7, 11) is -1.65. The first kappa shape index (κ1) is 26.5. The Morgan fingerprint density at radius 1 is 0.435 bits per heavy atom. The molecular formula is C42H31N3Si. The van der Waals surface area contributed by atoms with Gasteiger partial charge in [0.1, 0.15) is 8.80 Å². The van der Waals surface area contributed by atoms with E-state index in [2.05, 4.69) is 173 Å². The zero-order valence-corrected chi connectivity index (χ0v) is 26.4. The summed E-state index contributed by atoms with van der Waals surface area (Å²) in [6, 6.07) is 61.6. The van der Waals surface area contributed by atoms with Crippen molar-refractivity contribution in [2.45, 2.75) is 0 Å². The molecule has 2 N–H and O–H groups in total. The molecule has 4 heteroatoms. The zero-order valence-electron chi connectivity index (χ0n) is 25.2. The summed E-state index contributed by atoms with van der Waals surface area (Å²) in [5.74, 6) is 0. The van der Waals surface area contributed by atoms with Gasteiger partial charge in [-0.2, -0.15) is 0 Å². The molecule has 0 saturated carbocycles. The number of para-hydroxylation sites is 3. The van der Waals surface area contributed by atoms with Crippen LogP contribution in [0.4, 0.5) is 22.7 Å². The zero-order chi connectivity index (χ0) is 30.6. The van der Waals surface area contributed by atoms with Gasteiger partial charge >= 0.3 is 0 Å². The molecule has 1 aromatic heterocycles. The smallest absolute Gasteiger partial charge is 0.138 e. The number of nitrogens with two attached hydrogens (primary N) is 1. The number of hydrogen-bond acceptors (Lipinski definition) is 2. The van der Waals surface area contributed by atoms with Crippen LogP contribution >= 0.6 is 0 Å². The van der Waals surface area contributed by atoms with E-state index in [0.717, 1.165) is 28.0 Å². The first-order valence-electron chi connectivity index (χ1n) is 15.8. The standard InChI is InChI=1S/C42H31N3Si/c43-31-23-25-38-36(28-31)35-27-30(22-24-37(35)44(38)32-13-3-1-4-14-32)29-12-11-15-33(26-29)45-39-18-7-9-20-41(39)46(34-16-5-2-6-17-34)42-21-10-8-19-40(42)45/h1-28,46H,43H2. The topological polar surface area (TPSA) is 34.2 Å². The van der Waals surface area contributed by atoms with Crippen LogP contribution in [0.1, 0.15) is 0 Å². The molecule has 1 aliphatic heterocycles. The molecule has 2 heterocycles. The average molecular weight is 606 g/mol. The van der Waals surface area contributed by atoms with E-state index < -0.39 is 8.80 Å². The fourth-order valence-corrected chi connectivity index (χ4v) is 10.7. The number of nitrogens with zero attached hydrogens (tertiary/aromatic N) is 2. The van der Waals surface area contributed by atoms with E-state index in [4.69, 9.17) is 5.73 Å². The second-order valence-electron chi connectivity index (χ2n) is 12.0. The molecule has 0 unspecified atom stereocenters. The molecule has 9 rings (SSSR count). The molecule has 0 amide bonds. The maximum atomic E-state index is 6.33. The van der Waals surface area contributed by atoms with Crippen LogP contribution in [-0.2, 0) is 0 Å². The third-order valence-corrected chi connectivity index (χ3v) is 12.6. The Kier molecular flexibility index (Phi) is 6.15. The lowest BCUT2D eigenvalue weighted by Gasteiger charge is -2.37. The van der Waals surface area contributed by atoms with Crippen LogP contribution in [0.15, 0.2) is 170 Å². The number of rotatable bonds is 4. The van der Waals surface area contributed by atoms with Gasteiger partial charge in [0, 0.05) is 39.2 Å². The van der Waals surface area contributed by atoms with Crippen LogP contribution in [0, 0.1) is 0 Å². The number of anilines is 4. The molecule has 3 nitrogen and oxygen atoms in total. The first-order chi connectivity index (χ1) is 22.7. The van der Waals surface area contributed by atoms with Gasteiger partial charge in [-0.3, -0.25) is 0 Å². The minimum absolute atomic E-state index is 0.770. The maximum absolute atomic E-state index is 6.33. The van der Waals surface area contributed by atoms with Gasteiger partial charge in [-0.15, -0.1) is 0 Å². The Morgan fingerprint density at radius 2 is 1.00 bits per heavy atom. The molecule has 0 spiro atoms. The van der Waals surface area contributed by atoms with Crippen molar-refractivity contribution in [2.75, 3.05) is 10.6 Å². The Labute approximate surface area is 270 Å². The summed E-state index contributed by atoms with van der Waals surface area (Å²) < 4.78 is 2.33. The molecule has 8 aromatic rings. The van der Waals surface area contributed by atoms with Crippen molar-refractivity contribution in [3.8, 4) is 16.8 Å². The van der Waals surface area contributed by atoms with Gasteiger partial charge in [0.15, 0.2) is 0 Å². The van der Waals surface area contributed by atoms with E-state index >= 15 is 0 Å². The summed E-state index contributed by atoms with van der Waals surface area (Å²) in [5, 5.41) is 6.70. The van der Waals surface area contributed by atoms with Gasteiger partial charge in [0.25, 0.3) is 0 Å². The molecule has 0 bridgehead atoms. The molecule has 7 aromatic carbocycles. The molecule has 0 aliphatic carbocycles. The van der Waals surface area contributed by atoms with E-state index in [1.807, 2.05) is 6.07 Å². The van der Waals surface area contributed by atoms with E-state index in [0.29, 0.717) is 0 Å². The van der Waals surface area contributed by atoms with Crippen molar-refractivity contribution >= 4 is 68.9 Å².